The van der Waals surface area contributed by atoms with Gasteiger partial charge in [-0.2, -0.15) is 0 Å². The first kappa shape index (κ1) is 12.9. The molecule has 0 saturated carbocycles. The quantitative estimate of drug-likeness (QED) is 0.513. The van der Waals surface area contributed by atoms with Crippen LogP contribution in [-0.2, 0) is 6.42 Å². The molecule has 3 heteroatoms. The number of benzene rings is 2. The highest BCUT2D eigenvalue weighted by Gasteiger charge is 2.32. The molecule has 0 nitrogen and oxygen atoms in total. The summed E-state index contributed by atoms with van der Waals surface area (Å²) in [5, 5.41) is 0. The summed E-state index contributed by atoms with van der Waals surface area (Å²) in [4.78, 5) is 0.360. The van der Waals surface area contributed by atoms with Gasteiger partial charge in [0.1, 0.15) is 0 Å². The largest absolute Gasteiger partial charge is 0.0832 e. The zero-order chi connectivity index (χ0) is 12.7. The normalized spacial score (nSPS) is 18.9. The van der Waals surface area contributed by atoms with E-state index in [1.165, 1.54) is 16.7 Å². The molecule has 0 amide bonds. The number of halogens is 3. The number of alkyl halides is 1. The van der Waals surface area contributed by atoms with Crippen molar-refractivity contribution in [1.82, 2.24) is 0 Å². The van der Waals surface area contributed by atoms with E-state index >= 15 is 0 Å². The Bertz CT molecular complexity index is 592. The van der Waals surface area contributed by atoms with Crippen molar-refractivity contribution in [3.63, 3.8) is 0 Å². The Morgan fingerprint density at radius 3 is 2.61 bits per heavy atom. The highest BCUT2D eigenvalue weighted by molar-refractivity contribution is 9.11. The molecule has 0 N–H and O–H groups in total. The van der Waals surface area contributed by atoms with Crippen LogP contribution in [-0.4, -0.2) is 0 Å². The smallest absolute Gasteiger partial charge is 0.0478 e. The fourth-order valence-corrected chi connectivity index (χ4v) is 4.53. The first-order chi connectivity index (χ1) is 8.66. The second-order valence-corrected chi connectivity index (χ2v) is 7.33. The van der Waals surface area contributed by atoms with Crippen molar-refractivity contribution in [1.29, 1.82) is 0 Å². The molecule has 0 fully saturated rings. The van der Waals surface area contributed by atoms with Crippen LogP contribution in [0.2, 0.25) is 0 Å². The monoisotopic (exact) mass is 428 g/mol. The molecule has 2 atom stereocenters. The van der Waals surface area contributed by atoms with Gasteiger partial charge in [-0.15, -0.1) is 0 Å². The molecule has 92 valence electrons. The standard InChI is InChI=1S/C15H11Br3/c16-10-5-6-14(17)13(8-10)15(18)12-7-9-3-1-2-4-11(9)12/h1-6,8,12,15H,7H2. The predicted molar refractivity (Wildman–Crippen MR) is 86.4 cm³/mol. The van der Waals surface area contributed by atoms with Crippen LogP contribution in [0.15, 0.2) is 51.4 Å². The van der Waals surface area contributed by atoms with Crippen LogP contribution < -0.4 is 0 Å². The van der Waals surface area contributed by atoms with E-state index < -0.39 is 0 Å². The minimum absolute atomic E-state index is 0.360. The molecule has 1 aliphatic rings. The summed E-state index contributed by atoms with van der Waals surface area (Å²) in [7, 11) is 0. The third kappa shape index (κ3) is 2.21. The van der Waals surface area contributed by atoms with Gasteiger partial charge in [-0.25, -0.2) is 0 Å². The Hall–Kier alpha value is -0.120. The second-order valence-electron chi connectivity index (χ2n) is 4.58. The molecule has 0 saturated heterocycles. The summed E-state index contributed by atoms with van der Waals surface area (Å²) in [6, 6.07) is 15.0. The lowest BCUT2D eigenvalue weighted by Crippen LogP contribution is -2.21. The molecule has 0 aliphatic heterocycles. The van der Waals surface area contributed by atoms with Crippen LogP contribution >= 0.6 is 47.8 Å². The van der Waals surface area contributed by atoms with Crippen molar-refractivity contribution in [3.05, 3.63) is 68.1 Å². The van der Waals surface area contributed by atoms with Gasteiger partial charge in [0.05, 0.1) is 0 Å². The van der Waals surface area contributed by atoms with E-state index in [0.717, 1.165) is 15.4 Å². The third-order valence-corrected chi connectivity index (χ3v) is 5.85. The van der Waals surface area contributed by atoms with Crippen LogP contribution in [0.3, 0.4) is 0 Å². The van der Waals surface area contributed by atoms with Crippen molar-refractivity contribution in [3.8, 4) is 0 Å². The van der Waals surface area contributed by atoms with Crippen molar-refractivity contribution < 1.29 is 0 Å². The molecule has 2 aromatic rings. The van der Waals surface area contributed by atoms with Gasteiger partial charge in [-0.05, 0) is 41.3 Å². The minimum atomic E-state index is 0.360. The Kier molecular flexibility index (Phi) is 3.65. The van der Waals surface area contributed by atoms with Gasteiger partial charge < -0.3 is 0 Å². The molecular formula is C15H11Br3. The molecule has 18 heavy (non-hydrogen) atoms. The molecule has 0 radical (unpaired) electrons. The molecule has 0 heterocycles. The molecule has 3 rings (SSSR count). The summed E-state index contributed by atoms with van der Waals surface area (Å²) >= 11 is 11.1. The minimum Gasteiger partial charge on any atom is -0.0832 e. The number of hydrogen-bond donors (Lipinski definition) is 0. The summed E-state index contributed by atoms with van der Waals surface area (Å²) in [5.41, 5.74) is 4.27. The first-order valence-electron chi connectivity index (χ1n) is 5.83. The molecule has 0 spiro atoms. The van der Waals surface area contributed by atoms with Crippen molar-refractivity contribution >= 4 is 47.8 Å². The highest BCUT2D eigenvalue weighted by atomic mass is 79.9. The summed E-state index contributed by atoms with van der Waals surface area (Å²) in [6.07, 6.45) is 1.16. The maximum atomic E-state index is 3.87. The maximum Gasteiger partial charge on any atom is 0.0478 e. The van der Waals surface area contributed by atoms with Crippen LogP contribution in [0, 0.1) is 0 Å². The van der Waals surface area contributed by atoms with E-state index in [1.54, 1.807) is 0 Å². The fraction of sp³-hybridized carbons (Fsp3) is 0.200. The highest BCUT2D eigenvalue weighted by Crippen LogP contribution is 2.49. The second kappa shape index (κ2) is 5.10. The van der Waals surface area contributed by atoms with Gasteiger partial charge in [0.15, 0.2) is 0 Å². The van der Waals surface area contributed by atoms with Gasteiger partial charge in [-0.1, -0.05) is 72.1 Å². The summed E-state index contributed by atoms with van der Waals surface area (Å²) < 4.78 is 2.29. The van der Waals surface area contributed by atoms with E-state index in [2.05, 4.69) is 90.3 Å². The van der Waals surface area contributed by atoms with Gasteiger partial charge in [0, 0.05) is 19.7 Å². The fourth-order valence-electron chi connectivity index (χ4n) is 2.50. The van der Waals surface area contributed by atoms with Crippen molar-refractivity contribution in [2.45, 2.75) is 17.2 Å². The van der Waals surface area contributed by atoms with Gasteiger partial charge in [-0.3, -0.25) is 0 Å². The molecular weight excluding hydrogens is 420 g/mol. The maximum absolute atomic E-state index is 3.87. The van der Waals surface area contributed by atoms with Crippen LogP contribution in [0.1, 0.15) is 27.4 Å². The van der Waals surface area contributed by atoms with Crippen molar-refractivity contribution in [2.75, 3.05) is 0 Å². The third-order valence-electron chi connectivity index (χ3n) is 3.50. The molecule has 1 aliphatic carbocycles. The Labute approximate surface area is 132 Å². The van der Waals surface area contributed by atoms with Crippen molar-refractivity contribution in [2.24, 2.45) is 0 Å². The van der Waals surface area contributed by atoms with Gasteiger partial charge in [0.2, 0.25) is 0 Å². The lowest BCUT2D eigenvalue weighted by molar-refractivity contribution is 0.599. The van der Waals surface area contributed by atoms with Crippen LogP contribution in [0.25, 0.3) is 0 Å². The first-order valence-corrected chi connectivity index (χ1v) is 8.34. The number of rotatable bonds is 2. The van der Waals surface area contributed by atoms with Crippen LogP contribution in [0.5, 0.6) is 0 Å². The zero-order valence-corrected chi connectivity index (χ0v) is 14.3. The topological polar surface area (TPSA) is 0 Å². The lowest BCUT2D eigenvalue weighted by Gasteiger charge is -2.34. The van der Waals surface area contributed by atoms with E-state index in [4.69, 9.17) is 0 Å². The average molecular weight is 431 g/mol. The van der Waals surface area contributed by atoms with E-state index in [-0.39, 0.29) is 0 Å². The van der Waals surface area contributed by atoms with E-state index in [9.17, 15) is 0 Å². The zero-order valence-electron chi connectivity index (χ0n) is 9.54. The average Bonchev–Trinajstić information content (AvgIpc) is 2.33. The van der Waals surface area contributed by atoms with Gasteiger partial charge >= 0.3 is 0 Å². The Morgan fingerprint density at radius 2 is 1.83 bits per heavy atom. The van der Waals surface area contributed by atoms with Crippen LogP contribution in [0.4, 0.5) is 0 Å². The summed E-state index contributed by atoms with van der Waals surface area (Å²) in [6.45, 7) is 0. The number of hydrogen-bond acceptors (Lipinski definition) is 0. The predicted octanol–water partition coefficient (Wildman–Crippen LogP) is 5.99. The molecule has 0 aromatic heterocycles. The van der Waals surface area contributed by atoms with E-state index in [0.29, 0.717) is 10.7 Å². The summed E-state index contributed by atoms with van der Waals surface area (Å²) in [5.74, 6) is 0.576. The Morgan fingerprint density at radius 1 is 1.06 bits per heavy atom. The molecule has 2 aromatic carbocycles. The number of fused-ring (bicyclic) bond motifs is 1. The van der Waals surface area contributed by atoms with Gasteiger partial charge in [0.25, 0.3) is 0 Å². The molecule has 0 bridgehead atoms. The molecule has 2 unspecified atom stereocenters. The SMILES string of the molecule is Brc1ccc(Br)c(C(Br)C2Cc3ccccc32)c1. The Balaban J connectivity index is 1.93. The van der Waals surface area contributed by atoms with E-state index in [1.807, 2.05) is 0 Å². The lowest BCUT2D eigenvalue weighted by atomic mass is 9.74.